The number of aliphatic hydroxyl groups excluding tert-OH is 1. The molecule has 1 aliphatic rings. The molecule has 1 aromatic rings. The summed E-state index contributed by atoms with van der Waals surface area (Å²) in [5, 5.41) is 18.1. The van der Waals surface area contributed by atoms with Crippen LogP contribution in [0.25, 0.3) is 0 Å². The molecule has 18 heavy (non-hydrogen) atoms. The fraction of sp³-hybridized carbons (Fsp3) is 0.500. The highest BCUT2D eigenvalue weighted by atomic mass is 16.4. The van der Waals surface area contributed by atoms with Crippen molar-refractivity contribution in [1.82, 2.24) is 4.90 Å². The van der Waals surface area contributed by atoms with Gasteiger partial charge in [0, 0.05) is 13.1 Å². The first-order valence-electron chi connectivity index (χ1n) is 6.18. The van der Waals surface area contributed by atoms with E-state index in [1.165, 1.54) is 0 Å². The third-order valence-electron chi connectivity index (χ3n) is 3.68. The minimum Gasteiger partial charge on any atom is -0.481 e. The van der Waals surface area contributed by atoms with E-state index >= 15 is 0 Å². The first-order valence-corrected chi connectivity index (χ1v) is 6.18. The zero-order valence-electron chi connectivity index (χ0n) is 10.6. The monoisotopic (exact) mass is 249 g/mol. The van der Waals surface area contributed by atoms with Crippen LogP contribution in [0.3, 0.4) is 0 Å². The number of carbonyl (C=O) groups is 1. The summed E-state index contributed by atoms with van der Waals surface area (Å²) >= 11 is 0. The van der Waals surface area contributed by atoms with Crippen LogP contribution in [0.2, 0.25) is 0 Å². The molecule has 1 saturated heterocycles. The fourth-order valence-corrected chi connectivity index (χ4v) is 2.37. The molecule has 1 aliphatic heterocycles. The van der Waals surface area contributed by atoms with Crippen LogP contribution in [0.4, 0.5) is 0 Å². The summed E-state index contributed by atoms with van der Waals surface area (Å²) in [6.07, 6.45) is 0.705. The van der Waals surface area contributed by atoms with E-state index in [-0.39, 0.29) is 6.61 Å². The quantitative estimate of drug-likeness (QED) is 0.848. The van der Waals surface area contributed by atoms with Gasteiger partial charge in [-0.3, -0.25) is 9.69 Å². The average Bonchev–Trinajstić information content (AvgIpc) is 2.73. The Hall–Kier alpha value is -1.39. The van der Waals surface area contributed by atoms with Crippen LogP contribution in [0, 0.1) is 5.41 Å². The van der Waals surface area contributed by atoms with Gasteiger partial charge < -0.3 is 10.2 Å². The van der Waals surface area contributed by atoms with E-state index in [0.717, 1.165) is 24.2 Å². The van der Waals surface area contributed by atoms with E-state index < -0.39 is 11.4 Å². The van der Waals surface area contributed by atoms with Crippen molar-refractivity contribution < 1.29 is 15.0 Å². The number of benzene rings is 1. The molecule has 98 valence electrons. The van der Waals surface area contributed by atoms with Crippen molar-refractivity contribution >= 4 is 5.97 Å². The van der Waals surface area contributed by atoms with E-state index in [9.17, 15) is 9.90 Å². The second-order valence-corrected chi connectivity index (χ2v) is 5.30. The Morgan fingerprint density at radius 1 is 1.33 bits per heavy atom. The molecule has 1 unspecified atom stereocenters. The van der Waals surface area contributed by atoms with E-state index in [4.69, 9.17) is 5.11 Å². The van der Waals surface area contributed by atoms with Gasteiger partial charge in [0.05, 0.1) is 12.0 Å². The van der Waals surface area contributed by atoms with Gasteiger partial charge in [-0.15, -0.1) is 0 Å². The van der Waals surface area contributed by atoms with Crippen molar-refractivity contribution in [3.63, 3.8) is 0 Å². The highest BCUT2D eigenvalue weighted by Crippen LogP contribution is 2.30. The summed E-state index contributed by atoms with van der Waals surface area (Å²) in [7, 11) is 0. The van der Waals surface area contributed by atoms with Crippen molar-refractivity contribution in [2.24, 2.45) is 5.41 Å². The standard InChI is InChI=1S/C14H19NO3/c1-14(13(17)18)6-7-15(10-14)8-11-2-4-12(9-16)5-3-11/h2-5,16H,6-10H2,1H3,(H,17,18). The number of likely N-dealkylation sites (tertiary alicyclic amines) is 1. The Morgan fingerprint density at radius 2 is 1.94 bits per heavy atom. The average molecular weight is 249 g/mol. The third kappa shape index (κ3) is 2.71. The third-order valence-corrected chi connectivity index (χ3v) is 3.68. The van der Waals surface area contributed by atoms with Gasteiger partial charge in [-0.2, -0.15) is 0 Å². The summed E-state index contributed by atoms with van der Waals surface area (Å²) in [5.74, 6) is -0.708. The molecule has 1 fully saturated rings. The maximum absolute atomic E-state index is 11.2. The smallest absolute Gasteiger partial charge is 0.310 e. The van der Waals surface area contributed by atoms with Crippen LogP contribution in [0.15, 0.2) is 24.3 Å². The van der Waals surface area contributed by atoms with Crippen molar-refractivity contribution in [2.75, 3.05) is 13.1 Å². The highest BCUT2D eigenvalue weighted by molar-refractivity contribution is 5.74. The second-order valence-electron chi connectivity index (χ2n) is 5.30. The lowest BCUT2D eigenvalue weighted by Gasteiger charge is -2.20. The first kappa shape index (κ1) is 13.1. The molecule has 2 rings (SSSR count). The SMILES string of the molecule is CC1(C(=O)O)CCN(Cc2ccc(CO)cc2)C1. The van der Waals surface area contributed by atoms with E-state index in [0.29, 0.717) is 13.0 Å². The minimum absolute atomic E-state index is 0.0566. The number of nitrogens with zero attached hydrogens (tertiary/aromatic N) is 1. The summed E-state index contributed by atoms with van der Waals surface area (Å²) in [4.78, 5) is 13.3. The van der Waals surface area contributed by atoms with Gasteiger partial charge in [0.2, 0.25) is 0 Å². The predicted octanol–water partition coefficient (Wildman–Crippen LogP) is 1.48. The lowest BCUT2D eigenvalue weighted by molar-refractivity contribution is -0.147. The molecule has 0 saturated carbocycles. The summed E-state index contributed by atoms with van der Waals surface area (Å²) in [6.45, 7) is 4.06. The summed E-state index contributed by atoms with van der Waals surface area (Å²) in [5.41, 5.74) is 1.45. The van der Waals surface area contributed by atoms with Gasteiger partial charge in [-0.25, -0.2) is 0 Å². The van der Waals surface area contributed by atoms with Gasteiger partial charge >= 0.3 is 5.97 Å². The maximum atomic E-state index is 11.2. The molecular formula is C14H19NO3. The molecule has 4 nitrogen and oxygen atoms in total. The number of rotatable bonds is 4. The lowest BCUT2D eigenvalue weighted by Crippen LogP contribution is -2.31. The normalized spacial score (nSPS) is 24.3. The second kappa shape index (κ2) is 5.08. The molecule has 0 amide bonds. The van der Waals surface area contributed by atoms with Crippen LogP contribution in [0.1, 0.15) is 24.5 Å². The predicted molar refractivity (Wildman–Crippen MR) is 68.0 cm³/mol. The fourth-order valence-electron chi connectivity index (χ4n) is 2.37. The van der Waals surface area contributed by atoms with Crippen molar-refractivity contribution in [1.29, 1.82) is 0 Å². The zero-order valence-corrected chi connectivity index (χ0v) is 10.6. The molecule has 0 spiro atoms. The van der Waals surface area contributed by atoms with Gasteiger partial charge in [0.25, 0.3) is 0 Å². The summed E-state index contributed by atoms with van der Waals surface area (Å²) < 4.78 is 0. The molecule has 2 N–H and O–H groups in total. The number of hydrogen-bond acceptors (Lipinski definition) is 3. The van der Waals surface area contributed by atoms with Crippen molar-refractivity contribution in [3.8, 4) is 0 Å². The summed E-state index contributed by atoms with van der Waals surface area (Å²) in [6, 6.07) is 7.79. The van der Waals surface area contributed by atoms with E-state index in [1.807, 2.05) is 31.2 Å². The van der Waals surface area contributed by atoms with Gasteiger partial charge in [-0.05, 0) is 31.0 Å². The molecule has 0 radical (unpaired) electrons. The zero-order chi connectivity index (χ0) is 13.2. The molecule has 0 aromatic heterocycles. The maximum Gasteiger partial charge on any atom is 0.310 e. The molecule has 1 heterocycles. The minimum atomic E-state index is -0.708. The van der Waals surface area contributed by atoms with Crippen LogP contribution in [-0.2, 0) is 17.9 Å². The Morgan fingerprint density at radius 3 is 2.44 bits per heavy atom. The van der Waals surface area contributed by atoms with E-state index in [2.05, 4.69) is 4.90 Å². The van der Waals surface area contributed by atoms with Gasteiger partial charge in [0.1, 0.15) is 0 Å². The number of carboxylic acids is 1. The Bertz CT molecular complexity index is 429. The van der Waals surface area contributed by atoms with Gasteiger partial charge in [0.15, 0.2) is 0 Å². The lowest BCUT2D eigenvalue weighted by atomic mass is 9.90. The molecule has 0 bridgehead atoms. The largest absolute Gasteiger partial charge is 0.481 e. The number of aliphatic carboxylic acids is 1. The molecule has 1 aromatic carbocycles. The van der Waals surface area contributed by atoms with E-state index in [1.54, 1.807) is 0 Å². The molecule has 1 atom stereocenters. The highest BCUT2D eigenvalue weighted by Gasteiger charge is 2.40. The number of carboxylic acid groups (broad SMARTS) is 1. The topological polar surface area (TPSA) is 60.8 Å². The molecule has 4 heteroatoms. The Kier molecular flexibility index (Phi) is 3.68. The van der Waals surface area contributed by atoms with Gasteiger partial charge in [-0.1, -0.05) is 24.3 Å². The number of hydrogen-bond donors (Lipinski definition) is 2. The molecular weight excluding hydrogens is 230 g/mol. The number of aliphatic hydroxyl groups is 1. The Balaban J connectivity index is 1.97. The Labute approximate surface area is 107 Å². The molecule has 0 aliphatic carbocycles. The van der Waals surface area contributed by atoms with Crippen LogP contribution >= 0.6 is 0 Å². The van der Waals surface area contributed by atoms with Crippen LogP contribution in [-0.4, -0.2) is 34.2 Å². The van der Waals surface area contributed by atoms with Crippen LogP contribution in [0.5, 0.6) is 0 Å². The van der Waals surface area contributed by atoms with Crippen molar-refractivity contribution in [3.05, 3.63) is 35.4 Å². The van der Waals surface area contributed by atoms with Crippen molar-refractivity contribution in [2.45, 2.75) is 26.5 Å². The first-order chi connectivity index (χ1) is 8.53. The van der Waals surface area contributed by atoms with Crippen LogP contribution < -0.4 is 0 Å².